The molecule has 2 bridgehead atoms. The number of hydrogen-bond acceptors (Lipinski definition) is 8. The van der Waals surface area contributed by atoms with Crippen LogP contribution in [0.15, 0.2) is 5.03 Å². The molecule has 8 nitrogen and oxygen atoms in total. The highest BCUT2D eigenvalue weighted by atomic mass is 32.2. The fourth-order valence-electron chi connectivity index (χ4n) is 3.57. The Morgan fingerprint density at radius 1 is 1.31 bits per heavy atom. The van der Waals surface area contributed by atoms with Crippen molar-refractivity contribution < 1.29 is 22.7 Å². The number of amides is 1. The summed E-state index contributed by atoms with van der Waals surface area (Å²) in [6.45, 7) is 7.94. The number of carbonyl (C=O) groups is 1. The van der Waals surface area contributed by atoms with Crippen molar-refractivity contribution in [3.05, 3.63) is 0 Å². The van der Waals surface area contributed by atoms with Gasteiger partial charge in [-0.15, -0.1) is 4.37 Å². The molecule has 1 amide bonds. The van der Waals surface area contributed by atoms with E-state index in [2.05, 4.69) is 8.75 Å². The molecule has 3 atom stereocenters. The van der Waals surface area contributed by atoms with E-state index >= 15 is 0 Å². The average molecular weight is 404 g/mol. The molecule has 1 saturated heterocycles. The van der Waals surface area contributed by atoms with Gasteiger partial charge in [0.1, 0.15) is 11.7 Å². The lowest BCUT2D eigenvalue weighted by Gasteiger charge is -2.34. The van der Waals surface area contributed by atoms with Gasteiger partial charge in [-0.1, -0.05) is 6.92 Å². The summed E-state index contributed by atoms with van der Waals surface area (Å²) >= 11 is 0.828. The molecule has 2 aliphatic rings. The van der Waals surface area contributed by atoms with Gasteiger partial charge in [-0.3, -0.25) is 0 Å². The quantitative estimate of drug-likeness (QED) is 0.745. The molecule has 26 heavy (non-hydrogen) atoms. The second kappa shape index (κ2) is 6.95. The Labute approximate surface area is 158 Å². The summed E-state index contributed by atoms with van der Waals surface area (Å²) < 4.78 is 44.0. The predicted molar refractivity (Wildman–Crippen MR) is 96.1 cm³/mol. The smallest absolute Gasteiger partial charge is 0.410 e. The molecule has 0 spiro atoms. The standard InChI is InChI=1S/C16H25N3O5S2/c1-5-6-26(21,22)14-13(17-25-18-14)23-12-8-10-7-11(12)19(9-10)15(20)24-16(2,3)4/h10-12H,5-9H2,1-4H3/t10-,11+,12+/m1/s1. The van der Waals surface area contributed by atoms with Crippen LogP contribution in [0.3, 0.4) is 0 Å². The zero-order valence-corrected chi connectivity index (χ0v) is 17.1. The number of likely N-dealkylation sites (tertiary alicyclic amines) is 1. The minimum Gasteiger partial charge on any atom is -0.469 e. The Morgan fingerprint density at radius 2 is 2.04 bits per heavy atom. The van der Waals surface area contributed by atoms with Crippen molar-refractivity contribution in [1.82, 2.24) is 13.6 Å². The van der Waals surface area contributed by atoms with Crippen molar-refractivity contribution in [2.75, 3.05) is 12.3 Å². The average Bonchev–Trinajstić information content (AvgIpc) is 3.20. The van der Waals surface area contributed by atoms with Crippen LogP contribution in [-0.4, -0.2) is 58.2 Å². The summed E-state index contributed by atoms with van der Waals surface area (Å²) in [5.74, 6) is 0.403. The molecule has 1 aliphatic carbocycles. The maximum atomic E-state index is 12.4. The van der Waals surface area contributed by atoms with Gasteiger partial charge in [0.25, 0.3) is 5.88 Å². The first-order valence-electron chi connectivity index (χ1n) is 8.82. The van der Waals surface area contributed by atoms with Crippen molar-refractivity contribution in [3.8, 4) is 5.88 Å². The number of carbonyl (C=O) groups excluding carboxylic acids is 1. The summed E-state index contributed by atoms with van der Waals surface area (Å²) in [5.41, 5.74) is -0.560. The Bertz CT molecular complexity index is 771. The fourth-order valence-corrected chi connectivity index (χ4v) is 5.67. The van der Waals surface area contributed by atoms with Crippen molar-refractivity contribution in [1.29, 1.82) is 0 Å². The Kier molecular flexibility index (Phi) is 5.17. The van der Waals surface area contributed by atoms with Gasteiger partial charge in [-0.25, -0.2) is 13.2 Å². The highest BCUT2D eigenvalue weighted by Crippen LogP contribution is 2.41. The van der Waals surface area contributed by atoms with Gasteiger partial charge in [0, 0.05) is 6.54 Å². The van der Waals surface area contributed by atoms with E-state index in [4.69, 9.17) is 9.47 Å². The van der Waals surface area contributed by atoms with Crippen LogP contribution < -0.4 is 4.74 Å². The van der Waals surface area contributed by atoms with E-state index in [9.17, 15) is 13.2 Å². The maximum Gasteiger partial charge on any atom is 0.410 e. The van der Waals surface area contributed by atoms with E-state index in [-0.39, 0.29) is 34.9 Å². The number of ether oxygens (including phenoxy) is 2. The zero-order chi connectivity index (χ0) is 19.1. The summed E-state index contributed by atoms with van der Waals surface area (Å²) in [6.07, 6.45) is 1.46. The first-order chi connectivity index (χ1) is 12.1. The van der Waals surface area contributed by atoms with E-state index in [0.717, 1.165) is 24.6 Å². The Morgan fingerprint density at radius 3 is 2.65 bits per heavy atom. The molecule has 0 radical (unpaired) electrons. The Hall–Kier alpha value is -1.42. The molecule has 3 rings (SSSR count). The largest absolute Gasteiger partial charge is 0.469 e. The molecule has 1 aliphatic heterocycles. The summed E-state index contributed by atoms with van der Waals surface area (Å²) in [7, 11) is -3.50. The second-order valence-electron chi connectivity index (χ2n) is 7.89. The van der Waals surface area contributed by atoms with Gasteiger partial charge in [-0.05, 0) is 46.0 Å². The highest BCUT2D eigenvalue weighted by molar-refractivity contribution is 7.91. The molecular formula is C16H25N3O5S2. The molecule has 1 saturated carbocycles. The summed E-state index contributed by atoms with van der Waals surface area (Å²) in [6, 6.07) is -0.127. The molecule has 146 valence electrons. The molecule has 0 aromatic carbocycles. The van der Waals surface area contributed by atoms with Crippen LogP contribution in [0.5, 0.6) is 5.88 Å². The van der Waals surface area contributed by atoms with Crippen LogP contribution >= 0.6 is 11.7 Å². The van der Waals surface area contributed by atoms with Crippen LogP contribution in [0, 0.1) is 5.92 Å². The van der Waals surface area contributed by atoms with E-state index in [1.807, 2.05) is 20.8 Å². The third kappa shape index (κ3) is 3.95. The normalized spacial score (nSPS) is 25.5. The van der Waals surface area contributed by atoms with Crippen molar-refractivity contribution in [2.45, 2.75) is 69.7 Å². The van der Waals surface area contributed by atoms with Gasteiger partial charge in [0.05, 0.1) is 23.5 Å². The molecule has 10 heteroatoms. The first-order valence-corrected chi connectivity index (χ1v) is 11.2. The number of hydrogen-bond donors (Lipinski definition) is 0. The lowest BCUT2D eigenvalue weighted by molar-refractivity contribution is 0.00177. The van der Waals surface area contributed by atoms with Gasteiger partial charge in [0.15, 0.2) is 0 Å². The van der Waals surface area contributed by atoms with Crippen molar-refractivity contribution >= 4 is 27.7 Å². The van der Waals surface area contributed by atoms with Gasteiger partial charge in [-0.2, -0.15) is 4.37 Å². The highest BCUT2D eigenvalue weighted by Gasteiger charge is 2.50. The van der Waals surface area contributed by atoms with E-state index in [1.165, 1.54) is 0 Å². The minimum atomic E-state index is -3.50. The molecule has 0 unspecified atom stereocenters. The molecule has 1 aromatic rings. The fraction of sp³-hybridized carbons (Fsp3) is 0.812. The van der Waals surface area contributed by atoms with Crippen LogP contribution in [-0.2, 0) is 14.6 Å². The van der Waals surface area contributed by atoms with Crippen molar-refractivity contribution in [3.63, 3.8) is 0 Å². The SMILES string of the molecule is CCCS(=O)(=O)c1nsnc1O[C@H]1C[C@H]2C[C@@H]1N(C(=O)OC(C)(C)C)C2. The number of rotatable bonds is 5. The van der Waals surface area contributed by atoms with Crippen molar-refractivity contribution in [2.24, 2.45) is 5.92 Å². The molecule has 2 heterocycles. The number of piperidine rings is 1. The van der Waals surface area contributed by atoms with Crippen LogP contribution in [0.4, 0.5) is 4.79 Å². The van der Waals surface area contributed by atoms with Gasteiger partial charge >= 0.3 is 6.09 Å². The monoisotopic (exact) mass is 403 g/mol. The van der Waals surface area contributed by atoms with Gasteiger partial charge < -0.3 is 14.4 Å². The predicted octanol–water partition coefficient (Wildman–Crippen LogP) is 2.50. The molecule has 2 fully saturated rings. The zero-order valence-electron chi connectivity index (χ0n) is 15.5. The van der Waals surface area contributed by atoms with Crippen LogP contribution in [0.25, 0.3) is 0 Å². The summed E-state index contributed by atoms with van der Waals surface area (Å²) in [4.78, 5) is 14.1. The van der Waals surface area contributed by atoms with Crippen LogP contribution in [0.1, 0.15) is 47.0 Å². The van der Waals surface area contributed by atoms with Crippen LogP contribution in [0.2, 0.25) is 0 Å². The topological polar surface area (TPSA) is 98.7 Å². The molecular weight excluding hydrogens is 378 g/mol. The lowest BCUT2D eigenvalue weighted by atomic mass is 10.1. The van der Waals surface area contributed by atoms with E-state index in [1.54, 1.807) is 11.8 Å². The van der Waals surface area contributed by atoms with E-state index in [0.29, 0.717) is 18.9 Å². The molecule has 0 N–H and O–H groups in total. The second-order valence-corrected chi connectivity index (χ2v) is 10.4. The third-order valence-electron chi connectivity index (χ3n) is 4.51. The summed E-state index contributed by atoms with van der Waals surface area (Å²) in [5, 5.41) is -0.0871. The number of fused-ring (bicyclic) bond motifs is 2. The van der Waals surface area contributed by atoms with Gasteiger partial charge in [0.2, 0.25) is 14.9 Å². The first kappa shape index (κ1) is 19.3. The third-order valence-corrected chi connectivity index (χ3v) is 6.94. The minimum absolute atomic E-state index is 0.00945. The number of sulfone groups is 1. The molecule has 1 aromatic heterocycles. The van der Waals surface area contributed by atoms with E-state index < -0.39 is 15.4 Å². The maximum absolute atomic E-state index is 12.4. The number of nitrogens with zero attached hydrogens (tertiary/aromatic N) is 3. The number of aromatic nitrogens is 2. The Balaban J connectivity index is 1.73. The lowest BCUT2D eigenvalue weighted by Crippen LogP contribution is -2.48.